The Morgan fingerprint density at radius 2 is 1.68 bits per heavy atom. The van der Waals surface area contributed by atoms with Gasteiger partial charge in [-0.05, 0) is 42.9 Å². The molecule has 3 amide bonds. The molecule has 0 spiro atoms. The van der Waals surface area contributed by atoms with Crippen LogP contribution in [0.25, 0.3) is 10.9 Å². The first-order chi connectivity index (χ1) is 19.1. The predicted molar refractivity (Wildman–Crippen MR) is 160 cm³/mol. The van der Waals surface area contributed by atoms with E-state index in [-0.39, 0.29) is 31.1 Å². The van der Waals surface area contributed by atoms with Gasteiger partial charge >= 0.3 is 5.97 Å². The van der Waals surface area contributed by atoms with Crippen molar-refractivity contribution in [3.63, 3.8) is 0 Å². The van der Waals surface area contributed by atoms with Gasteiger partial charge < -0.3 is 43.2 Å². The number of thioether (sulfide) groups is 1. The Labute approximate surface area is 242 Å². The molecule has 0 aliphatic rings. The highest BCUT2D eigenvalue weighted by Gasteiger charge is 2.30. The molecule has 0 aliphatic carbocycles. The zero-order chi connectivity index (χ0) is 29.7. The second-order valence-corrected chi connectivity index (χ2v) is 10.5. The fourth-order valence-corrected chi connectivity index (χ4v) is 4.62. The standard InChI is InChI=1S/C25H38N8O5S2/c1-40-10-8-16(26)21(34)32-19(11-14-12-30-17-6-3-2-5-15(14)17)23(36)31-18(7-4-9-29-25(27)28)22(35)33-20(13-39)24(37)38/h2-3,5-6,12,16,18-20,30,39H,4,7-11,13,26H2,1H3,(H,31,36)(H,32,34)(H,33,35)(H,37,38)(H4,27,28,29). The molecule has 0 saturated heterocycles. The van der Waals surface area contributed by atoms with Gasteiger partial charge in [-0.15, -0.1) is 0 Å². The van der Waals surface area contributed by atoms with Gasteiger partial charge in [0, 0.05) is 35.8 Å². The minimum atomic E-state index is -1.27. The monoisotopic (exact) mass is 594 g/mol. The lowest BCUT2D eigenvalue weighted by Gasteiger charge is -2.25. The van der Waals surface area contributed by atoms with Gasteiger partial charge in [-0.3, -0.25) is 19.4 Å². The summed E-state index contributed by atoms with van der Waals surface area (Å²) in [4.78, 5) is 57.9. The molecule has 4 unspecified atom stereocenters. The number of nitrogens with zero attached hydrogens (tertiary/aromatic N) is 1. The van der Waals surface area contributed by atoms with Gasteiger partial charge in [-0.2, -0.15) is 24.4 Å². The largest absolute Gasteiger partial charge is 0.480 e. The molecule has 15 heteroatoms. The van der Waals surface area contributed by atoms with Crippen LogP contribution in [0.2, 0.25) is 0 Å². The quantitative estimate of drug-likeness (QED) is 0.0488. The number of hydrogen-bond donors (Lipinski definition) is 9. The first kappa shape index (κ1) is 32.8. The third kappa shape index (κ3) is 10.3. The fraction of sp³-hybridized carbons (Fsp3) is 0.480. The Morgan fingerprint density at radius 3 is 2.33 bits per heavy atom. The molecule has 1 heterocycles. The molecule has 0 radical (unpaired) electrons. The number of carbonyl (C=O) groups excluding carboxylic acids is 3. The number of guanidine groups is 1. The van der Waals surface area contributed by atoms with Crippen LogP contribution in [0.15, 0.2) is 35.5 Å². The summed E-state index contributed by atoms with van der Waals surface area (Å²) < 4.78 is 0. The molecule has 220 valence electrons. The van der Waals surface area contributed by atoms with Crippen LogP contribution in [0, 0.1) is 0 Å². The summed E-state index contributed by atoms with van der Waals surface area (Å²) in [5.41, 5.74) is 18.4. The lowest BCUT2D eigenvalue weighted by molar-refractivity contribution is -0.141. The van der Waals surface area contributed by atoms with Crippen LogP contribution in [0.4, 0.5) is 0 Å². The maximum absolute atomic E-state index is 13.6. The number of rotatable bonds is 17. The normalized spacial score (nSPS) is 14.0. The van der Waals surface area contributed by atoms with Crippen LogP contribution in [-0.2, 0) is 25.6 Å². The molecule has 0 bridgehead atoms. The van der Waals surface area contributed by atoms with E-state index in [1.807, 2.05) is 30.5 Å². The van der Waals surface area contributed by atoms with Crippen molar-refractivity contribution in [3.8, 4) is 0 Å². The summed E-state index contributed by atoms with van der Waals surface area (Å²) >= 11 is 5.53. The minimum absolute atomic E-state index is 0.105. The number of fused-ring (bicyclic) bond motifs is 1. The van der Waals surface area contributed by atoms with Gasteiger partial charge in [0.25, 0.3) is 0 Å². The van der Waals surface area contributed by atoms with Crippen molar-refractivity contribution in [1.29, 1.82) is 0 Å². The third-order valence-electron chi connectivity index (χ3n) is 6.08. The van der Waals surface area contributed by atoms with E-state index in [0.717, 1.165) is 16.5 Å². The van der Waals surface area contributed by atoms with Crippen molar-refractivity contribution in [2.45, 2.75) is 49.9 Å². The van der Waals surface area contributed by atoms with E-state index in [1.54, 1.807) is 18.0 Å². The number of amides is 3. The number of thiol groups is 1. The molecule has 40 heavy (non-hydrogen) atoms. The summed E-state index contributed by atoms with van der Waals surface area (Å²) in [7, 11) is 0. The number of carbonyl (C=O) groups is 4. The van der Waals surface area contributed by atoms with Gasteiger partial charge in [0.2, 0.25) is 17.7 Å². The van der Waals surface area contributed by atoms with Crippen molar-refractivity contribution >= 4 is 64.9 Å². The van der Waals surface area contributed by atoms with Crippen LogP contribution in [-0.4, -0.2) is 88.2 Å². The lowest BCUT2D eigenvalue weighted by atomic mass is 10.0. The summed E-state index contributed by atoms with van der Waals surface area (Å²) in [6.07, 6.45) is 4.62. The molecule has 13 nitrogen and oxygen atoms in total. The zero-order valence-corrected chi connectivity index (χ0v) is 24.0. The first-order valence-electron chi connectivity index (χ1n) is 12.7. The third-order valence-corrected chi connectivity index (χ3v) is 7.09. The molecule has 11 N–H and O–H groups in total. The van der Waals surface area contributed by atoms with E-state index >= 15 is 0 Å². The number of aliphatic imine (C=N–C) groups is 1. The molecule has 1 aromatic carbocycles. The molecular formula is C25H38N8O5S2. The number of benzene rings is 1. The van der Waals surface area contributed by atoms with Crippen molar-refractivity contribution in [1.82, 2.24) is 20.9 Å². The average Bonchev–Trinajstić information content (AvgIpc) is 3.33. The topological polar surface area (TPSA) is 231 Å². The van der Waals surface area contributed by atoms with E-state index in [9.17, 15) is 24.3 Å². The molecule has 4 atom stereocenters. The Bertz CT molecular complexity index is 1190. The number of carboxylic acid groups (broad SMARTS) is 1. The molecule has 0 fully saturated rings. The number of H-pyrrole nitrogens is 1. The van der Waals surface area contributed by atoms with Crippen LogP contribution in [0.5, 0.6) is 0 Å². The summed E-state index contributed by atoms with van der Waals surface area (Å²) in [6, 6.07) is 3.24. The van der Waals surface area contributed by atoms with E-state index in [1.165, 1.54) is 0 Å². The maximum atomic E-state index is 13.6. The number of nitrogens with two attached hydrogens (primary N) is 3. The van der Waals surface area contributed by atoms with E-state index in [0.29, 0.717) is 18.6 Å². The van der Waals surface area contributed by atoms with Crippen molar-refractivity contribution in [2.75, 3.05) is 24.3 Å². The van der Waals surface area contributed by atoms with E-state index < -0.39 is 47.9 Å². The highest BCUT2D eigenvalue weighted by atomic mass is 32.2. The molecule has 0 saturated carbocycles. The van der Waals surface area contributed by atoms with E-state index in [4.69, 9.17) is 17.2 Å². The van der Waals surface area contributed by atoms with Gasteiger partial charge in [0.1, 0.15) is 18.1 Å². The SMILES string of the molecule is CSCCC(N)C(=O)NC(Cc1c[nH]c2ccccc12)C(=O)NC(CCCN=C(N)N)C(=O)NC(CS)C(=O)O. The highest BCUT2D eigenvalue weighted by molar-refractivity contribution is 7.98. The lowest BCUT2D eigenvalue weighted by Crippen LogP contribution is -2.57. The molecule has 0 aliphatic heterocycles. The predicted octanol–water partition coefficient (Wildman–Crippen LogP) is -0.687. The second-order valence-electron chi connectivity index (χ2n) is 9.10. The number of aromatic amines is 1. The fourth-order valence-electron chi connectivity index (χ4n) is 3.89. The Kier molecular flexibility index (Phi) is 13.6. The zero-order valence-electron chi connectivity index (χ0n) is 22.3. The summed E-state index contributed by atoms with van der Waals surface area (Å²) in [6.45, 7) is 0.191. The number of aromatic nitrogens is 1. The van der Waals surface area contributed by atoms with Gasteiger partial charge in [0.15, 0.2) is 5.96 Å². The summed E-state index contributed by atoms with van der Waals surface area (Å²) in [5, 5.41) is 18.0. The van der Waals surface area contributed by atoms with Gasteiger partial charge in [-0.25, -0.2) is 4.79 Å². The number of aliphatic carboxylic acids is 1. The Morgan fingerprint density at radius 1 is 1.02 bits per heavy atom. The van der Waals surface area contributed by atoms with Crippen molar-refractivity contribution < 1.29 is 24.3 Å². The van der Waals surface area contributed by atoms with Crippen LogP contribution in [0.3, 0.4) is 0 Å². The van der Waals surface area contributed by atoms with Gasteiger partial charge in [0.05, 0.1) is 6.04 Å². The minimum Gasteiger partial charge on any atom is -0.480 e. The number of para-hydroxylation sites is 1. The molecule has 2 aromatic rings. The number of nitrogens with one attached hydrogen (secondary N) is 4. The smallest absolute Gasteiger partial charge is 0.327 e. The molecule has 1 aromatic heterocycles. The van der Waals surface area contributed by atoms with Crippen LogP contribution in [0.1, 0.15) is 24.8 Å². The van der Waals surface area contributed by atoms with Gasteiger partial charge in [-0.1, -0.05) is 18.2 Å². The Hall–Kier alpha value is -3.43. The Balaban J connectivity index is 2.29. The van der Waals surface area contributed by atoms with Crippen molar-refractivity contribution in [3.05, 3.63) is 36.0 Å². The van der Waals surface area contributed by atoms with E-state index in [2.05, 4.69) is 38.6 Å². The second kappa shape index (κ2) is 16.6. The summed E-state index contributed by atoms with van der Waals surface area (Å²) in [5.74, 6) is -2.71. The number of carboxylic acids is 1. The highest BCUT2D eigenvalue weighted by Crippen LogP contribution is 2.19. The maximum Gasteiger partial charge on any atom is 0.327 e. The van der Waals surface area contributed by atoms with Crippen LogP contribution < -0.4 is 33.2 Å². The molecular weight excluding hydrogens is 556 g/mol. The first-order valence-corrected chi connectivity index (χ1v) is 14.7. The van der Waals surface area contributed by atoms with Crippen molar-refractivity contribution in [2.24, 2.45) is 22.2 Å². The van der Waals surface area contributed by atoms with Crippen LogP contribution >= 0.6 is 24.4 Å². The molecule has 2 rings (SSSR count). The average molecular weight is 595 g/mol. The number of hydrogen-bond acceptors (Lipinski definition) is 8.